The first-order valence-electron chi connectivity index (χ1n) is 7.18. The van der Waals surface area contributed by atoms with Crippen LogP contribution in [0.4, 0.5) is 0 Å². The number of rotatable bonds is 6. The quantitative estimate of drug-likeness (QED) is 0.198. The second-order valence-electron chi connectivity index (χ2n) is 5.50. The zero-order valence-corrected chi connectivity index (χ0v) is 16.6. The van der Waals surface area contributed by atoms with Gasteiger partial charge in [-0.1, -0.05) is 47.0 Å². The Morgan fingerprint density at radius 2 is 1.48 bits per heavy atom. The van der Waals surface area contributed by atoms with Crippen molar-refractivity contribution in [2.45, 2.75) is 10.2 Å². The van der Waals surface area contributed by atoms with Crippen molar-refractivity contribution in [3.63, 3.8) is 0 Å². The second kappa shape index (κ2) is 8.40. The number of carboxylic acids is 2. The van der Waals surface area contributed by atoms with Gasteiger partial charge < -0.3 is 24.5 Å². The van der Waals surface area contributed by atoms with E-state index in [-0.39, 0.29) is 24.4 Å². The second-order valence-corrected chi connectivity index (χ2v) is 8.94. The Morgan fingerprint density at radius 1 is 1.00 bits per heavy atom. The molecule has 1 aliphatic rings. The van der Waals surface area contributed by atoms with Crippen LogP contribution in [-0.2, 0) is 34.6 Å². The number of hydrogen-bond acceptors (Lipinski definition) is 7. The summed E-state index contributed by atoms with van der Waals surface area (Å²) in [5, 5.41) is 18.8. The van der Waals surface area contributed by atoms with Crippen molar-refractivity contribution in [1.82, 2.24) is 0 Å². The molecule has 1 aromatic carbocycles. The van der Waals surface area contributed by atoms with Gasteiger partial charge in [0.2, 0.25) is 10.0 Å². The molecule has 1 unspecified atom stereocenters. The fourth-order valence-corrected chi connectivity index (χ4v) is 5.96. The predicted octanol–water partition coefficient (Wildman–Crippen LogP) is -3.16. The third kappa shape index (κ3) is 3.90. The van der Waals surface area contributed by atoms with Gasteiger partial charge >= 0.3 is 18.9 Å². The molecule has 0 aliphatic heterocycles. The summed E-state index contributed by atoms with van der Waals surface area (Å²) in [6, 6.07) is 6.22. The maximum atomic E-state index is 12.3. The molecule has 1 aliphatic carbocycles. The van der Waals surface area contributed by atoms with E-state index in [1.165, 1.54) is 18.2 Å². The molecule has 29 heavy (non-hydrogen) atoms. The minimum absolute atomic E-state index is 0. The van der Waals surface area contributed by atoms with Crippen LogP contribution in [0, 0.1) is 6.08 Å². The Bertz CT molecular complexity index is 1070. The summed E-state index contributed by atoms with van der Waals surface area (Å²) in [6.07, 6.45) is -0.626. The molecule has 2 rings (SSSR count). The van der Waals surface area contributed by atoms with Crippen LogP contribution >= 0.6 is 0 Å². The molecule has 0 amide bonds. The summed E-state index contributed by atoms with van der Waals surface area (Å²) in [4.78, 5) is 23.3. The van der Waals surface area contributed by atoms with Gasteiger partial charge in [0.15, 0.2) is 0 Å². The first-order chi connectivity index (χ1) is 12.8. The fourth-order valence-electron chi connectivity index (χ4n) is 2.97. The van der Waals surface area contributed by atoms with E-state index in [1.807, 2.05) is 6.08 Å². The number of carbonyl (C=O) groups is 2. The molecule has 0 radical (unpaired) electrons. The average molecular weight is 440 g/mol. The minimum atomic E-state index is -5.95. The number of hydrogen-bond donors (Lipinski definition) is 4. The topological polar surface area (TPSA) is 193 Å². The van der Waals surface area contributed by atoms with E-state index in [9.17, 15) is 45.7 Å². The Kier molecular flexibility index (Phi) is 7.26. The third-order valence-electron chi connectivity index (χ3n) is 3.97. The normalized spacial score (nSPS) is 19.1. The van der Waals surface area contributed by atoms with E-state index in [4.69, 9.17) is 4.74 Å². The molecule has 0 saturated heterocycles. The Labute approximate surface area is 177 Å². The monoisotopic (exact) mass is 440 g/mol. The summed E-state index contributed by atoms with van der Waals surface area (Å²) in [6.45, 7) is 0. The molecule has 1 atom stereocenters. The van der Waals surface area contributed by atoms with Crippen molar-refractivity contribution in [1.29, 1.82) is 0 Å². The summed E-state index contributed by atoms with van der Waals surface area (Å²) < 4.78 is 69.8. The zero-order chi connectivity index (χ0) is 21.5. The van der Waals surface area contributed by atoms with Crippen molar-refractivity contribution < 1.29 is 69.3 Å². The van der Waals surface area contributed by atoms with Crippen molar-refractivity contribution in [2.75, 3.05) is 7.11 Å². The van der Waals surface area contributed by atoms with Gasteiger partial charge in [0, 0.05) is 7.11 Å². The predicted molar refractivity (Wildman–Crippen MR) is 92.0 cm³/mol. The van der Waals surface area contributed by atoms with Gasteiger partial charge in [-0.3, -0.25) is 9.11 Å². The molecule has 152 valence electrons. The van der Waals surface area contributed by atoms with Crippen LogP contribution in [0.15, 0.2) is 41.5 Å². The van der Waals surface area contributed by atoms with Crippen LogP contribution < -0.4 is 18.9 Å². The molecule has 14 heteroatoms. The van der Waals surface area contributed by atoms with Crippen molar-refractivity contribution in [2.24, 2.45) is 0 Å². The van der Waals surface area contributed by atoms with Crippen LogP contribution in [-0.4, -0.2) is 65.4 Å². The van der Waals surface area contributed by atoms with Crippen LogP contribution in [0.3, 0.4) is 0 Å². The first-order valence-corrected chi connectivity index (χ1v) is 10.1. The number of ether oxygens (including phenoxy) is 1. The summed E-state index contributed by atoms with van der Waals surface area (Å²) >= 11 is 0. The number of benzene rings is 1. The van der Waals surface area contributed by atoms with Gasteiger partial charge in [0.05, 0.1) is 0 Å². The molecule has 4 N–H and O–H groups in total. The molecule has 1 aromatic rings. The number of methoxy groups -OCH3 is 1. The smallest absolute Gasteiger partial charge is 0.521 e. The van der Waals surface area contributed by atoms with Crippen LogP contribution in [0.5, 0.6) is 0 Å². The summed E-state index contributed by atoms with van der Waals surface area (Å²) in [5.74, 6) is -3.93. The SMILES string of the molecule is COC1C(C(=O)O)=[C-]C(C(=O)O)=C(c2ccccc2)C1(S(=O)(=O)O)S(=O)(=O)O.[Li+]. The van der Waals surface area contributed by atoms with Gasteiger partial charge in [-0.05, 0) is 5.57 Å². The Hall–Kier alpha value is -1.98. The van der Waals surface area contributed by atoms with E-state index in [1.54, 1.807) is 0 Å². The van der Waals surface area contributed by atoms with E-state index >= 15 is 0 Å². The van der Waals surface area contributed by atoms with Crippen molar-refractivity contribution in [3.8, 4) is 0 Å². The van der Waals surface area contributed by atoms with Crippen LogP contribution in [0.25, 0.3) is 5.57 Å². The Morgan fingerprint density at radius 3 is 1.83 bits per heavy atom. The average Bonchev–Trinajstić information content (AvgIpc) is 2.58. The molecule has 0 spiro atoms. The molecular weight excluding hydrogens is 427 g/mol. The van der Waals surface area contributed by atoms with Gasteiger partial charge in [0.25, 0.3) is 26.2 Å². The van der Waals surface area contributed by atoms with Gasteiger partial charge in [-0.15, -0.1) is 6.08 Å². The van der Waals surface area contributed by atoms with Crippen LogP contribution in [0.2, 0.25) is 0 Å². The van der Waals surface area contributed by atoms with E-state index < -0.39 is 59.1 Å². The Balaban J connectivity index is 0.00000420. The van der Waals surface area contributed by atoms with Gasteiger partial charge in [-0.2, -0.15) is 16.8 Å². The first kappa shape index (κ1) is 25.1. The molecule has 0 aromatic heterocycles. The largest absolute Gasteiger partial charge is 1.00 e. The molecule has 0 fully saturated rings. The third-order valence-corrected chi connectivity index (χ3v) is 7.61. The van der Waals surface area contributed by atoms with E-state index in [2.05, 4.69) is 0 Å². The van der Waals surface area contributed by atoms with Crippen molar-refractivity contribution in [3.05, 3.63) is 53.1 Å². The number of carboxylic acid groups (broad SMARTS) is 2. The maximum Gasteiger partial charge on any atom is 1.00 e. The fraction of sp³-hybridized carbons (Fsp3) is 0.200. The van der Waals surface area contributed by atoms with Crippen molar-refractivity contribution >= 4 is 37.7 Å². The van der Waals surface area contributed by atoms with Gasteiger partial charge in [0.1, 0.15) is 6.10 Å². The summed E-state index contributed by atoms with van der Waals surface area (Å²) in [7, 11) is -11.2. The molecule has 0 heterocycles. The zero-order valence-electron chi connectivity index (χ0n) is 14.9. The molecule has 11 nitrogen and oxygen atoms in total. The number of aliphatic carboxylic acids is 2. The molecular formula is C15H13LiO11S2. The standard InChI is InChI=1S/C15H13O11S2.Li/c1-26-12-10(14(18)19)7-9(13(16)17)11(8-5-3-2-4-6-8)15(12,27(20,21)22)28(23,24)25;/h2-6,12H,1H3,(H,16,17)(H,18,19)(H,20,21,22)(H,23,24,25);/q-1;+1. The van der Waals surface area contributed by atoms with E-state index in [0.29, 0.717) is 0 Å². The van der Waals surface area contributed by atoms with Gasteiger partial charge in [-0.25, -0.2) is 0 Å². The molecule has 0 saturated carbocycles. The minimum Gasteiger partial charge on any atom is -0.521 e. The van der Waals surface area contributed by atoms with E-state index in [0.717, 1.165) is 19.2 Å². The maximum absolute atomic E-state index is 12.3. The summed E-state index contributed by atoms with van der Waals surface area (Å²) in [5.41, 5.74) is -3.92. The molecule has 0 bridgehead atoms. The van der Waals surface area contributed by atoms with Crippen LogP contribution in [0.1, 0.15) is 5.56 Å².